The van der Waals surface area contributed by atoms with Crippen LogP contribution < -0.4 is 10.2 Å². The van der Waals surface area contributed by atoms with E-state index in [-0.39, 0.29) is 11.9 Å². The molecule has 1 unspecified atom stereocenters. The number of aromatic nitrogens is 1. The van der Waals surface area contributed by atoms with Crippen LogP contribution in [0.2, 0.25) is 0 Å². The Labute approximate surface area is 153 Å². The summed E-state index contributed by atoms with van der Waals surface area (Å²) in [6.07, 6.45) is 0.832. The maximum absolute atomic E-state index is 12.9. The molecular weight excluding hydrogens is 334 g/mol. The number of hydrogen-bond acceptors (Lipinski definition) is 5. The van der Waals surface area contributed by atoms with E-state index in [1.807, 2.05) is 49.0 Å². The highest BCUT2D eigenvalue weighted by Gasteiger charge is 2.19. The number of fused-ring (bicyclic) bond motifs is 1. The van der Waals surface area contributed by atoms with E-state index in [1.54, 1.807) is 7.11 Å². The van der Waals surface area contributed by atoms with Crippen molar-refractivity contribution in [3.63, 3.8) is 0 Å². The molecule has 1 amide bonds. The first-order valence-corrected chi connectivity index (χ1v) is 9.90. The normalized spacial score (nSPS) is 16.0. The summed E-state index contributed by atoms with van der Waals surface area (Å²) in [5.74, 6) is 3.03. The number of benzene rings is 1. The number of thioether (sulfide) groups is 1. The minimum Gasteiger partial charge on any atom is -0.383 e. The van der Waals surface area contributed by atoms with Crippen LogP contribution in [-0.2, 0) is 4.74 Å². The molecule has 1 atom stereocenters. The lowest BCUT2D eigenvalue weighted by Gasteiger charge is -2.28. The predicted octanol–water partition coefficient (Wildman–Crippen LogP) is 2.94. The molecule has 134 valence electrons. The van der Waals surface area contributed by atoms with E-state index in [0.717, 1.165) is 47.7 Å². The number of carbonyl (C=O) groups is 1. The molecule has 0 aliphatic carbocycles. The Morgan fingerprint density at radius 1 is 1.36 bits per heavy atom. The van der Waals surface area contributed by atoms with Crippen molar-refractivity contribution in [3.8, 4) is 0 Å². The van der Waals surface area contributed by atoms with Crippen LogP contribution in [0.5, 0.6) is 0 Å². The summed E-state index contributed by atoms with van der Waals surface area (Å²) in [4.78, 5) is 20.0. The van der Waals surface area contributed by atoms with Gasteiger partial charge in [-0.25, -0.2) is 4.98 Å². The number of nitrogens with one attached hydrogen (secondary N) is 1. The fourth-order valence-corrected chi connectivity index (χ4v) is 3.93. The molecule has 25 heavy (non-hydrogen) atoms. The molecule has 6 heteroatoms. The SMILES string of the molecule is CCC(COC)NC(=O)c1cc(N2CCSCC2)nc2ccccc12. The predicted molar refractivity (Wildman–Crippen MR) is 105 cm³/mol. The van der Waals surface area contributed by atoms with Crippen LogP contribution in [0.15, 0.2) is 30.3 Å². The highest BCUT2D eigenvalue weighted by Crippen LogP contribution is 2.25. The summed E-state index contributed by atoms with van der Waals surface area (Å²) in [5, 5.41) is 3.98. The molecular formula is C19H25N3O2S. The number of anilines is 1. The van der Waals surface area contributed by atoms with E-state index in [0.29, 0.717) is 12.2 Å². The second kappa shape index (κ2) is 8.54. The smallest absolute Gasteiger partial charge is 0.252 e. The molecule has 2 heterocycles. The van der Waals surface area contributed by atoms with Gasteiger partial charge in [-0.1, -0.05) is 25.1 Å². The number of carbonyl (C=O) groups excluding carboxylic acids is 1. The van der Waals surface area contributed by atoms with E-state index >= 15 is 0 Å². The molecule has 0 saturated carbocycles. The molecule has 1 aliphatic rings. The van der Waals surface area contributed by atoms with Crippen LogP contribution in [0.1, 0.15) is 23.7 Å². The summed E-state index contributed by atoms with van der Waals surface area (Å²) < 4.78 is 5.20. The molecule has 0 radical (unpaired) electrons. The van der Waals surface area contributed by atoms with Gasteiger partial charge in [0, 0.05) is 37.1 Å². The minimum absolute atomic E-state index is 0.0132. The van der Waals surface area contributed by atoms with Gasteiger partial charge in [-0.3, -0.25) is 4.79 Å². The Kier molecular flexibility index (Phi) is 6.15. The molecule has 5 nitrogen and oxygen atoms in total. The van der Waals surface area contributed by atoms with Crippen molar-refractivity contribution in [1.82, 2.24) is 10.3 Å². The Balaban J connectivity index is 1.95. The van der Waals surface area contributed by atoms with Crippen molar-refractivity contribution in [2.45, 2.75) is 19.4 Å². The first-order valence-electron chi connectivity index (χ1n) is 8.75. The van der Waals surface area contributed by atoms with Gasteiger partial charge in [-0.15, -0.1) is 0 Å². The molecule has 1 N–H and O–H groups in total. The van der Waals surface area contributed by atoms with E-state index in [1.165, 1.54) is 0 Å². The molecule has 0 spiro atoms. The Bertz CT molecular complexity index is 732. The first kappa shape index (κ1) is 18.0. The maximum Gasteiger partial charge on any atom is 0.252 e. The zero-order valence-electron chi connectivity index (χ0n) is 14.8. The standard InChI is InChI=1S/C19H25N3O2S/c1-3-14(13-24-2)20-19(23)16-12-18(22-8-10-25-11-9-22)21-17-7-5-4-6-15(16)17/h4-7,12,14H,3,8-11,13H2,1-2H3,(H,20,23). The van der Waals surface area contributed by atoms with E-state index in [4.69, 9.17) is 9.72 Å². The Morgan fingerprint density at radius 2 is 2.12 bits per heavy atom. The van der Waals surface area contributed by atoms with E-state index in [2.05, 4.69) is 10.2 Å². The molecule has 1 aromatic heterocycles. The number of rotatable bonds is 6. The summed E-state index contributed by atoms with van der Waals surface area (Å²) in [7, 11) is 1.66. The van der Waals surface area contributed by atoms with Gasteiger partial charge < -0.3 is 15.0 Å². The van der Waals surface area contributed by atoms with Crippen molar-refractivity contribution < 1.29 is 9.53 Å². The number of ether oxygens (including phenoxy) is 1. The number of amides is 1. The Morgan fingerprint density at radius 3 is 2.84 bits per heavy atom. The number of hydrogen-bond donors (Lipinski definition) is 1. The zero-order valence-corrected chi connectivity index (χ0v) is 15.6. The number of para-hydroxylation sites is 1. The molecule has 1 aliphatic heterocycles. The second-order valence-corrected chi connectivity index (χ2v) is 7.40. The van der Waals surface area contributed by atoms with Gasteiger partial charge >= 0.3 is 0 Å². The first-order chi connectivity index (χ1) is 12.2. The summed E-state index contributed by atoms with van der Waals surface area (Å²) in [5.41, 5.74) is 1.55. The lowest BCUT2D eigenvalue weighted by Crippen LogP contribution is -2.38. The van der Waals surface area contributed by atoms with Crippen molar-refractivity contribution >= 4 is 34.4 Å². The monoisotopic (exact) mass is 359 g/mol. The van der Waals surface area contributed by atoms with Crippen LogP contribution in [0.25, 0.3) is 10.9 Å². The third-order valence-electron chi connectivity index (χ3n) is 4.48. The fraction of sp³-hybridized carbons (Fsp3) is 0.474. The van der Waals surface area contributed by atoms with Crippen LogP contribution in [-0.4, -0.2) is 55.2 Å². The summed E-state index contributed by atoms with van der Waals surface area (Å²) in [6, 6.07) is 9.80. The number of pyridine rings is 1. The average Bonchev–Trinajstić information content (AvgIpc) is 2.67. The highest BCUT2D eigenvalue weighted by atomic mass is 32.2. The molecule has 2 aromatic rings. The van der Waals surface area contributed by atoms with Crippen LogP contribution in [0, 0.1) is 0 Å². The van der Waals surface area contributed by atoms with Crippen LogP contribution in [0.3, 0.4) is 0 Å². The van der Waals surface area contributed by atoms with Gasteiger partial charge in [0.25, 0.3) is 5.91 Å². The fourth-order valence-electron chi connectivity index (χ4n) is 3.03. The van der Waals surface area contributed by atoms with Crippen molar-refractivity contribution in [2.75, 3.05) is 43.2 Å². The molecule has 1 fully saturated rings. The molecule has 0 bridgehead atoms. The number of nitrogens with zero attached hydrogens (tertiary/aromatic N) is 2. The third kappa shape index (κ3) is 4.25. The van der Waals surface area contributed by atoms with Gasteiger partial charge in [-0.05, 0) is 18.6 Å². The summed E-state index contributed by atoms with van der Waals surface area (Å²) >= 11 is 1.96. The van der Waals surface area contributed by atoms with Gasteiger partial charge in [0.15, 0.2) is 0 Å². The number of methoxy groups -OCH3 is 1. The van der Waals surface area contributed by atoms with Crippen molar-refractivity contribution in [1.29, 1.82) is 0 Å². The highest BCUT2D eigenvalue weighted by molar-refractivity contribution is 7.99. The third-order valence-corrected chi connectivity index (χ3v) is 5.42. The van der Waals surface area contributed by atoms with Crippen molar-refractivity contribution in [2.24, 2.45) is 0 Å². The molecule has 3 rings (SSSR count). The second-order valence-electron chi connectivity index (χ2n) is 6.18. The van der Waals surface area contributed by atoms with Crippen LogP contribution >= 0.6 is 11.8 Å². The topological polar surface area (TPSA) is 54.5 Å². The van der Waals surface area contributed by atoms with E-state index < -0.39 is 0 Å². The largest absolute Gasteiger partial charge is 0.383 e. The Hall–Kier alpha value is -1.79. The molecule has 1 aromatic carbocycles. The zero-order chi connectivity index (χ0) is 17.6. The lowest BCUT2D eigenvalue weighted by molar-refractivity contribution is 0.0896. The van der Waals surface area contributed by atoms with Gasteiger partial charge in [0.1, 0.15) is 5.82 Å². The minimum atomic E-state index is -0.0601. The maximum atomic E-state index is 12.9. The molecule has 1 saturated heterocycles. The van der Waals surface area contributed by atoms with Crippen molar-refractivity contribution in [3.05, 3.63) is 35.9 Å². The van der Waals surface area contributed by atoms with Gasteiger partial charge in [0.2, 0.25) is 0 Å². The summed E-state index contributed by atoms with van der Waals surface area (Å²) in [6.45, 7) is 4.50. The average molecular weight is 359 g/mol. The lowest BCUT2D eigenvalue weighted by atomic mass is 10.1. The van der Waals surface area contributed by atoms with Gasteiger partial charge in [-0.2, -0.15) is 11.8 Å². The van der Waals surface area contributed by atoms with E-state index in [9.17, 15) is 4.79 Å². The quantitative estimate of drug-likeness (QED) is 0.859. The van der Waals surface area contributed by atoms with Gasteiger partial charge in [0.05, 0.1) is 23.7 Å². The van der Waals surface area contributed by atoms with Crippen LogP contribution in [0.4, 0.5) is 5.82 Å².